The second-order valence-electron chi connectivity index (χ2n) is 2.85. The molecule has 1 rings (SSSR count). The van der Waals surface area contributed by atoms with Crippen LogP contribution in [0, 0.1) is 11.3 Å². The number of aryl methyl sites for hydroxylation is 1. The first-order chi connectivity index (χ1) is 5.88. The van der Waals surface area contributed by atoms with Crippen molar-refractivity contribution in [3.05, 3.63) is 35.4 Å². The smallest absolute Gasteiger partial charge is 0.0669 e. The maximum Gasteiger partial charge on any atom is 0.0669 e. The maximum absolute atomic E-state index is 8.56. The van der Waals surface area contributed by atoms with Crippen LogP contribution in [0.4, 0.5) is 0 Å². The molecule has 0 aliphatic heterocycles. The molecule has 0 atom stereocenters. The molecule has 1 aromatic rings. The van der Waals surface area contributed by atoms with Gasteiger partial charge in [0, 0.05) is 0 Å². The van der Waals surface area contributed by atoms with E-state index in [1.807, 2.05) is 18.2 Å². The van der Waals surface area contributed by atoms with E-state index in [9.17, 15) is 0 Å². The standard InChI is InChI=1S/C11H13N/c1-2-5-10-6-3-4-7-11(10)8-9-12/h3-4,6-7H,2,5,8H2,1H3. The lowest BCUT2D eigenvalue weighted by Crippen LogP contribution is -1.91. The van der Waals surface area contributed by atoms with Crippen molar-refractivity contribution in [1.82, 2.24) is 0 Å². The molecule has 1 aromatic carbocycles. The van der Waals surface area contributed by atoms with Crippen LogP contribution in [-0.4, -0.2) is 0 Å². The molecule has 0 heterocycles. The van der Waals surface area contributed by atoms with Gasteiger partial charge in [-0.15, -0.1) is 0 Å². The molecule has 0 unspecified atom stereocenters. The van der Waals surface area contributed by atoms with Crippen molar-refractivity contribution < 1.29 is 0 Å². The van der Waals surface area contributed by atoms with Gasteiger partial charge in [-0.1, -0.05) is 37.6 Å². The first-order valence-electron chi connectivity index (χ1n) is 4.32. The van der Waals surface area contributed by atoms with E-state index >= 15 is 0 Å². The highest BCUT2D eigenvalue weighted by Gasteiger charge is 1.98. The van der Waals surface area contributed by atoms with Crippen molar-refractivity contribution in [2.24, 2.45) is 0 Å². The lowest BCUT2D eigenvalue weighted by atomic mass is 10.0. The Bertz CT molecular complexity index is 283. The van der Waals surface area contributed by atoms with E-state index in [4.69, 9.17) is 5.26 Å². The fourth-order valence-electron chi connectivity index (χ4n) is 1.33. The number of benzene rings is 1. The number of nitriles is 1. The first kappa shape index (κ1) is 8.80. The molecule has 1 heteroatoms. The van der Waals surface area contributed by atoms with Crippen molar-refractivity contribution in [1.29, 1.82) is 5.26 Å². The van der Waals surface area contributed by atoms with Gasteiger partial charge in [0.25, 0.3) is 0 Å². The van der Waals surface area contributed by atoms with Gasteiger partial charge in [-0.2, -0.15) is 5.26 Å². The summed E-state index contributed by atoms with van der Waals surface area (Å²) in [5.74, 6) is 0. The van der Waals surface area contributed by atoms with Crippen molar-refractivity contribution in [2.75, 3.05) is 0 Å². The monoisotopic (exact) mass is 159 g/mol. The number of nitrogens with zero attached hydrogens (tertiary/aromatic N) is 1. The van der Waals surface area contributed by atoms with Gasteiger partial charge < -0.3 is 0 Å². The third-order valence-electron chi connectivity index (χ3n) is 1.91. The molecule has 1 nitrogen and oxygen atoms in total. The van der Waals surface area contributed by atoms with E-state index in [0.717, 1.165) is 12.8 Å². The largest absolute Gasteiger partial charge is 0.198 e. The lowest BCUT2D eigenvalue weighted by molar-refractivity contribution is 0.907. The average Bonchev–Trinajstić information content (AvgIpc) is 2.09. The van der Waals surface area contributed by atoms with E-state index in [0.29, 0.717) is 6.42 Å². The minimum Gasteiger partial charge on any atom is -0.198 e. The zero-order valence-electron chi connectivity index (χ0n) is 7.38. The van der Waals surface area contributed by atoms with Gasteiger partial charge in [-0.25, -0.2) is 0 Å². The quantitative estimate of drug-likeness (QED) is 0.665. The zero-order chi connectivity index (χ0) is 8.81. The predicted octanol–water partition coefficient (Wildman–Crippen LogP) is 2.71. The summed E-state index contributed by atoms with van der Waals surface area (Å²) in [5.41, 5.74) is 2.50. The third-order valence-corrected chi connectivity index (χ3v) is 1.91. The van der Waals surface area contributed by atoms with Gasteiger partial charge in [-0.05, 0) is 17.5 Å². The van der Waals surface area contributed by atoms with E-state index in [-0.39, 0.29) is 0 Å². The minimum atomic E-state index is 0.538. The van der Waals surface area contributed by atoms with E-state index in [1.165, 1.54) is 11.1 Å². The molecule has 0 radical (unpaired) electrons. The minimum absolute atomic E-state index is 0.538. The molecule has 0 aliphatic carbocycles. The van der Waals surface area contributed by atoms with Crippen LogP contribution in [0.25, 0.3) is 0 Å². The fraction of sp³-hybridized carbons (Fsp3) is 0.364. The molecule has 0 amide bonds. The molecule has 0 spiro atoms. The van der Waals surface area contributed by atoms with Gasteiger partial charge in [0.1, 0.15) is 0 Å². The highest BCUT2D eigenvalue weighted by Crippen LogP contribution is 2.10. The van der Waals surface area contributed by atoms with E-state index in [2.05, 4.69) is 19.1 Å². The topological polar surface area (TPSA) is 23.8 Å². The molecule has 0 N–H and O–H groups in total. The summed E-state index contributed by atoms with van der Waals surface area (Å²) in [6.45, 7) is 2.16. The Balaban J connectivity index is 2.85. The van der Waals surface area contributed by atoms with Crippen LogP contribution >= 0.6 is 0 Å². The van der Waals surface area contributed by atoms with E-state index in [1.54, 1.807) is 0 Å². The summed E-state index contributed by atoms with van der Waals surface area (Å²) in [6.07, 6.45) is 2.76. The second-order valence-corrected chi connectivity index (χ2v) is 2.85. The molecule has 0 fully saturated rings. The van der Waals surface area contributed by atoms with Crippen molar-refractivity contribution in [3.63, 3.8) is 0 Å². The average molecular weight is 159 g/mol. The summed E-state index contributed by atoms with van der Waals surface area (Å²) in [4.78, 5) is 0. The van der Waals surface area contributed by atoms with Crippen molar-refractivity contribution in [3.8, 4) is 6.07 Å². The highest BCUT2D eigenvalue weighted by molar-refractivity contribution is 5.29. The molecule has 0 saturated carbocycles. The van der Waals surface area contributed by atoms with Gasteiger partial charge in [-0.3, -0.25) is 0 Å². The van der Waals surface area contributed by atoms with Crippen molar-refractivity contribution >= 4 is 0 Å². The Morgan fingerprint density at radius 2 is 1.92 bits per heavy atom. The highest BCUT2D eigenvalue weighted by atomic mass is 14.2. The summed E-state index contributed by atoms with van der Waals surface area (Å²) >= 11 is 0. The Hall–Kier alpha value is -1.29. The van der Waals surface area contributed by atoms with Crippen molar-refractivity contribution in [2.45, 2.75) is 26.2 Å². The number of hydrogen-bond acceptors (Lipinski definition) is 1. The molecular weight excluding hydrogens is 146 g/mol. The van der Waals surface area contributed by atoms with Crippen LogP contribution in [0.1, 0.15) is 24.5 Å². The normalized spacial score (nSPS) is 9.33. The summed E-state index contributed by atoms with van der Waals surface area (Å²) < 4.78 is 0. The Labute approximate surface area is 73.6 Å². The number of hydrogen-bond donors (Lipinski definition) is 0. The predicted molar refractivity (Wildman–Crippen MR) is 49.8 cm³/mol. The Kier molecular flexibility index (Phi) is 3.35. The van der Waals surface area contributed by atoms with Crippen LogP contribution in [0.5, 0.6) is 0 Å². The molecular formula is C11H13N. The summed E-state index contributed by atoms with van der Waals surface area (Å²) in [5, 5.41) is 8.56. The summed E-state index contributed by atoms with van der Waals surface area (Å²) in [6, 6.07) is 10.4. The van der Waals surface area contributed by atoms with Crippen LogP contribution in [0.2, 0.25) is 0 Å². The first-order valence-corrected chi connectivity index (χ1v) is 4.32. The van der Waals surface area contributed by atoms with Gasteiger partial charge in [0.15, 0.2) is 0 Å². The van der Waals surface area contributed by atoms with Gasteiger partial charge in [0.2, 0.25) is 0 Å². The maximum atomic E-state index is 8.56. The van der Waals surface area contributed by atoms with Crippen LogP contribution < -0.4 is 0 Å². The third kappa shape index (κ3) is 2.10. The van der Waals surface area contributed by atoms with Gasteiger partial charge >= 0.3 is 0 Å². The Morgan fingerprint density at radius 1 is 1.25 bits per heavy atom. The molecule has 12 heavy (non-hydrogen) atoms. The van der Waals surface area contributed by atoms with E-state index < -0.39 is 0 Å². The van der Waals surface area contributed by atoms with Gasteiger partial charge in [0.05, 0.1) is 12.5 Å². The molecule has 0 saturated heterocycles. The Morgan fingerprint density at radius 3 is 2.50 bits per heavy atom. The molecule has 62 valence electrons. The second kappa shape index (κ2) is 4.56. The molecule has 0 bridgehead atoms. The lowest BCUT2D eigenvalue weighted by Gasteiger charge is -2.03. The van der Waals surface area contributed by atoms with Crippen LogP contribution in [0.15, 0.2) is 24.3 Å². The molecule has 0 aromatic heterocycles. The zero-order valence-corrected chi connectivity index (χ0v) is 7.38. The van der Waals surface area contributed by atoms with Crippen LogP contribution in [0.3, 0.4) is 0 Å². The molecule has 0 aliphatic rings. The number of rotatable bonds is 3. The summed E-state index contributed by atoms with van der Waals surface area (Å²) in [7, 11) is 0. The SMILES string of the molecule is CCCc1ccccc1CC#N. The fourth-order valence-corrected chi connectivity index (χ4v) is 1.33. The van der Waals surface area contributed by atoms with Crippen LogP contribution in [-0.2, 0) is 12.8 Å².